The molecule has 0 aliphatic heterocycles. The number of hydrogen-bond donors (Lipinski definition) is 0. The Balaban J connectivity index is 2.06. The third-order valence-electron chi connectivity index (χ3n) is 3.27. The number of amides is 1. The molecule has 5 heteroatoms. The molecule has 1 amide bonds. The maximum absolute atomic E-state index is 12.4. The highest BCUT2D eigenvalue weighted by Crippen LogP contribution is 2.33. The average molecular weight is 431 g/mol. The van der Waals surface area contributed by atoms with E-state index in [1.54, 1.807) is 4.90 Å². The first-order chi connectivity index (χ1) is 9.88. The van der Waals surface area contributed by atoms with E-state index < -0.39 is 0 Å². The summed E-state index contributed by atoms with van der Waals surface area (Å²) in [7, 11) is 1.83. The van der Waals surface area contributed by atoms with Gasteiger partial charge in [-0.05, 0) is 55.0 Å². The number of halogens is 2. The van der Waals surface area contributed by atoms with Gasteiger partial charge in [0.1, 0.15) is 0 Å². The number of hydrogen-bond acceptors (Lipinski definition) is 2. The molecule has 0 bridgehead atoms. The second-order valence-corrected chi connectivity index (χ2v) is 8.51. The second kappa shape index (κ2) is 7.07. The van der Waals surface area contributed by atoms with Crippen molar-refractivity contribution in [3.63, 3.8) is 0 Å². The number of carbonyl (C=O) groups is 1. The van der Waals surface area contributed by atoms with E-state index in [1.807, 2.05) is 13.1 Å². The fraction of sp³-hybridized carbons (Fsp3) is 0.312. The van der Waals surface area contributed by atoms with Crippen LogP contribution in [0.2, 0.25) is 0 Å². The van der Waals surface area contributed by atoms with Crippen molar-refractivity contribution in [2.24, 2.45) is 0 Å². The highest BCUT2D eigenvalue weighted by molar-refractivity contribution is 9.13. The van der Waals surface area contributed by atoms with Crippen LogP contribution in [-0.4, -0.2) is 17.9 Å². The van der Waals surface area contributed by atoms with Crippen molar-refractivity contribution in [3.05, 3.63) is 54.6 Å². The van der Waals surface area contributed by atoms with Gasteiger partial charge in [-0.3, -0.25) is 4.79 Å². The van der Waals surface area contributed by atoms with E-state index in [9.17, 15) is 4.79 Å². The average Bonchev–Trinajstić information content (AvgIpc) is 2.78. The van der Waals surface area contributed by atoms with Gasteiger partial charge < -0.3 is 4.90 Å². The molecular weight excluding hydrogens is 414 g/mol. The lowest BCUT2D eigenvalue weighted by Gasteiger charge is -2.17. The van der Waals surface area contributed by atoms with Crippen molar-refractivity contribution in [2.75, 3.05) is 7.05 Å². The molecule has 21 heavy (non-hydrogen) atoms. The van der Waals surface area contributed by atoms with Gasteiger partial charge in [0.25, 0.3) is 5.91 Å². The number of nitrogens with zero attached hydrogens (tertiary/aromatic N) is 1. The summed E-state index contributed by atoms with van der Waals surface area (Å²) < 4.78 is 1.87. The first kappa shape index (κ1) is 16.7. The molecule has 1 heterocycles. The van der Waals surface area contributed by atoms with Crippen LogP contribution in [0.5, 0.6) is 0 Å². The first-order valence-electron chi connectivity index (χ1n) is 6.67. The number of rotatable bonds is 4. The molecule has 0 fully saturated rings. The van der Waals surface area contributed by atoms with Crippen molar-refractivity contribution in [2.45, 2.75) is 26.3 Å². The summed E-state index contributed by atoms with van der Waals surface area (Å²) >= 11 is 8.28. The van der Waals surface area contributed by atoms with Gasteiger partial charge in [-0.1, -0.05) is 38.1 Å². The van der Waals surface area contributed by atoms with Crippen molar-refractivity contribution in [3.8, 4) is 0 Å². The molecule has 0 radical (unpaired) electrons. The molecular formula is C16H17Br2NOS. The zero-order chi connectivity index (χ0) is 15.6. The molecule has 0 atom stereocenters. The quantitative estimate of drug-likeness (QED) is 0.611. The lowest BCUT2D eigenvalue weighted by molar-refractivity contribution is 0.0790. The smallest absolute Gasteiger partial charge is 0.264 e. The number of benzene rings is 1. The maximum Gasteiger partial charge on any atom is 0.264 e. The highest BCUT2D eigenvalue weighted by Gasteiger charge is 2.16. The van der Waals surface area contributed by atoms with Gasteiger partial charge in [-0.2, -0.15) is 0 Å². The first-order valence-corrected chi connectivity index (χ1v) is 9.08. The zero-order valence-electron chi connectivity index (χ0n) is 12.2. The Hall–Kier alpha value is -0.650. The molecule has 112 valence electrons. The Morgan fingerprint density at radius 1 is 1.24 bits per heavy atom. The van der Waals surface area contributed by atoms with Crippen LogP contribution in [0.3, 0.4) is 0 Å². The molecule has 0 N–H and O–H groups in total. The van der Waals surface area contributed by atoms with Crippen molar-refractivity contribution >= 4 is 49.1 Å². The van der Waals surface area contributed by atoms with E-state index in [1.165, 1.54) is 16.9 Å². The number of carbonyl (C=O) groups excluding carboxylic acids is 1. The Morgan fingerprint density at radius 2 is 1.86 bits per heavy atom. The fourth-order valence-corrected chi connectivity index (χ4v) is 4.02. The molecule has 2 nitrogen and oxygen atoms in total. The summed E-state index contributed by atoms with van der Waals surface area (Å²) in [5, 5.41) is 0. The lowest BCUT2D eigenvalue weighted by Crippen LogP contribution is -2.25. The van der Waals surface area contributed by atoms with Crippen LogP contribution in [-0.2, 0) is 6.54 Å². The van der Waals surface area contributed by atoms with E-state index >= 15 is 0 Å². The van der Waals surface area contributed by atoms with Gasteiger partial charge in [0.2, 0.25) is 0 Å². The molecule has 1 aromatic carbocycles. The van der Waals surface area contributed by atoms with Gasteiger partial charge in [-0.15, -0.1) is 11.3 Å². The van der Waals surface area contributed by atoms with E-state index in [2.05, 4.69) is 70.0 Å². The molecule has 2 aromatic rings. The summed E-state index contributed by atoms with van der Waals surface area (Å²) in [5.41, 5.74) is 2.46. The Morgan fingerprint density at radius 3 is 2.33 bits per heavy atom. The third-order valence-corrected chi connectivity index (χ3v) is 6.51. The monoisotopic (exact) mass is 429 g/mol. The maximum atomic E-state index is 12.4. The third kappa shape index (κ3) is 4.18. The van der Waals surface area contributed by atoms with Crippen molar-refractivity contribution < 1.29 is 4.79 Å². The minimum atomic E-state index is 0.0411. The van der Waals surface area contributed by atoms with Crippen LogP contribution in [0.1, 0.15) is 40.6 Å². The summed E-state index contributed by atoms with van der Waals surface area (Å²) in [6, 6.07) is 10.3. The van der Waals surface area contributed by atoms with Crippen LogP contribution in [0.4, 0.5) is 0 Å². The molecule has 0 saturated heterocycles. The minimum absolute atomic E-state index is 0.0411. The highest BCUT2D eigenvalue weighted by atomic mass is 79.9. The van der Waals surface area contributed by atoms with Crippen LogP contribution in [0.15, 0.2) is 38.6 Å². The Bertz CT molecular complexity index is 615. The summed E-state index contributed by atoms with van der Waals surface area (Å²) in [6.07, 6.45) is 0. The summed E-state index contributed by atoms with van der Waals surface area (Å²) in [4.78, 5) is 14.9. The second-order valence-electron chi connectivity index (χ2n) is 5.29. The van der Waals surface area contributed by atoms with Crippen LogP contribution < -0.4 is 0 Å². The standard InChI is InChI=1S/C16H17Br2NOS/c1-10(2)12-6-4-11(5-7-12)9-19(3)16(20)14-8-13(17)15(18)21-14/h4-8,10H,9H2,1-3H3. The predicted octanol–water partition coefficient (Wildman–Crippen LogP) is 5.67. The molecule has 0 unspecified atom stereocenters. The molecule has 0 saturated carbocycles. The summed E-state index contributed by atoms with van der Waals surface area (Å²) in [6.45, 7) is 4.97. The fourth-order valence-electron chi connectivity index (χ4n) is 1.99. The largest absolute Gasteiger partial charge is 0.337 e. The van der Waals surface area contributed by atoms with Crippen LogP contribution >= 0.6 is 43.2 Å². The molecule has 1 aromatic heterocycles. The van der Waals surface area contributed by atoms with Gasteiger partial charge in [-0.25, -0.2) is 0 Å². The molecule has 0 spiro atoms. The van der Waals surface area contributed by atoms with Gasteiger partial charge >= 0.3 is 0 Å². The van der Waals surface area contributed by atoms with Crippen LogP contribution in [0.25, 0.3) is 0 Å². The molecule has 0 aliphatic rings. The van der Waals surface area contributed by atoms with E-state index in [4.69, 9.17) is 0 Å². The van der Waals surface area contributed by atoms with E-state index in [-0.39, 0.29) is 5.91 Å². The van der Waals surface area contributed by atoms with Gasteiger partial charge in [0, 0.05) is 18.1 Å². The van der Waals surface area contributed by atoms with E-state index in [0.717, 1.165) is 18.7 Å². The predicted molar refractivity (Wildman–Crippen MR) is 96.0 cm³/mol. The summed E-state index contributed by atoms with van der Waals surface area (Å²) in [5.74, 6) is 0.568. The van der Waals surface area contributed by atoms with Gasteiger partial charge in [0.15, 0.2) is 0 Å². The zero-order valence-corrected chi connectivity index (χ0v) is 16.2. The Labute approximate surface area is 146 Å². The van der Waals surface area contributed by atoms with Crippen molar-refractivity contribution in [1.29, 1.82) is 0 Å². The minimum Gasteiger partial charge on any atom is -0.337 e. The molecule has 2 rings (SSSR count). The topological polar surface area (TPSA) is 20.3 Å². The SMILES string of the molecule is CC(C)c1ccc(CN(C)C(=O)c2cc(Br)c(Br)s2)cc1. The van der Waals surface area contributed by atoms with Gasteiger partial charge in [0.05, 0.1) is 8.66 Å². The lowest BCUT2D eigenvalue weighted by atomic mass is 10.0. The van der Waals surface area contributed by atoms with Crippen molar-refractivity contribution in [1.82, 2.24) is 4.90 Å². The van der Waals surface area contributed by atoms with Crippen LogP contribution in [0, 0.1) is 0 Å². The normalized spacial score (nSPS) is 11.0. The Kier molecular flexibility index (Phi) is 5.63. The molecule has 0 aliphatic carbocycles. The van der Waals surface area contributed by atoms with E-state index in [0.29, 0.717) is 12.5 Å². The number of thiophene rings is 1.